The fraction of sp³-hybridized carbons (Fsp3) is 0.259. The second-order valence-electron chi connectivity index (χ2n) is 9.20. The van der Waals surface area contributed by atoms with Crippen LogP contribution in [0.15, 0.2) is 63.7 Å². The van der Waals surface area contributed by atoms with Gasteiger partial charge in [0.15, 0.2) is 5.78 Å². The van der Waals surface area contributed by atoms with Gasteiger partial charge in [-0.2, -0.15) is 0 Å². The Morgan fingerprint density at radius 3 is 2.38 bits per heavy atom. The van der Waals surface area contributed by atoms with E-state index in [1.54, 1.807) is 30.3 Å². The topological polar surface area (TPSA) is 125 Å². The lowest BCUT2D eigenvalue weighted by molar-refractivity contribution is -0.384. The van der Waals surface area contributed by atoms with Crippen LogP contribution in [0, 0.1) is 10.1 Å². The normalized spacial score (nSPS) is 15.9. The summed E-state index contributed by atoms with van der Waals surface area (Å²) in [6.07, 6.45) is 1.48. The molecule has 37 heavy (non-hydrogen) atoms. The number of allylic oxidation sites excluding steroid dienone is 1. The van der Waals surface area contributed by atoms with Gasteiger partial charge in [0.05, 0.1) is 16.2 Å². The van der Waals surface area contributed by atoms with Gasteiger partial charge >= 0.3 is 5.69 Å². The van der Waals surface area contributed by atoms with Crippen LogP contribution in [0.5, 0.6) is 0 Å². The maximum Gasteiger partial charge on any atom is 0.332 e. The number of non-ortho nitro benzene ring substituents is 1. The van der Waals surface area contributed by atoms with Gasteiger partial charge in [-0.25, -0.2) is 4.79 Å². The van der Waals surface area contributed by atoms with E-state index in [1.807, 2.05) is 6.92 Å². The molecule has 0 saturated carbocycles. The molecule has 0 saturated heterocycles. The molecule has 0 radical (unpaired) electrons. The monoisotopic (exact) mass is 500 g/mol. The van der Waals surface area contributed by atoms with Crippen molar-refractivity contribution >= 4 is 28.9 Å². The van der Waals surface area contributed by atoms with Crippen molar-refractivity contribution in [3.8, 4) is 0 Å². The molecule has 0 bridgehead atoms. The zero-order chi connectivity index (χ0) is 26.6. The third-order valence-electron chi connectivity index (χ3n) is 7.01. The van der Waals surface area contributed by atoms with Gasteiger partial charge in [0.2, 0.25) is 5.91 Å². The minimum atomic E-state index is -1.02. The Labute approximate surface area is 211 Å². The molecule has 1 atom stereocenters. The van der Waals surface area contributed by atoms with E-state index in [0.29, 0.717) is 28.8 Å². The number of carbonyl (C=O) groups is 2. The summed E-state index contributed by atoms with van der Waals surface area (Å²) < 4.78 is 2.16. The summed E-state index contributed by atoms with van der Waals surface area (Å²) in [6, 6.07) is 12.6. The van der Waals surface area contributed by atoms with Crippen LogP contribution >= 0.6 is 0 Å². The summed E-state index contributed by atoms with van der Waals surface area (Å²) in [5.74, 6) is -1.66. The van der Waals surface area contributed by atoms with Crippen molar-refractivity contribution in [1.29, 1.82) is 0 Å². The molecule has 1 aliphatic heterocycles. The summed E-state index contributed by atoms with van der Waals surface area (Å²) in [6.45, 7) is 1.94. The Kier molecular flexibility index (Phi) is 5.74. The Balaban J connectivity index is 1.93. The number of aromatic nitrogens is 2. The van der Waals surface area contributed by atoms with Crippen molar-refractivity contribution in [2.75, 3.05) is 4.90 Å². The molecule has 0 spiro atoms. The minimum absolute atomic E-state index is 0.0508. The summed E-state index contributed by atoms with van der Waals surface area (Å²) in [5.41, 5.74) is 0.286. The molecule has 1 aliphatic carbocycles. The standard InChI is InChI=1S/C27H24N4O6/c1-4-5-13-19(32)30-23-17-11-6-7-12-18(17)24(33)21(23)20(15-9-8-10-16(14-15)31(36)37)22-25(30)28(2)27(35)29(3)26(22)34/h6-12,14,20H,4-5,13H2,1-3H3. The van der Waals surface area contributed by atoms with Gasteiger partial charge < -0.3 is 0 Å². The lowest BCUT2D eigenvalue weighted by Gasteiger charge is -2.36. The fourth-order valence-electron chi connectivity index (χ4n) is 5.26. The molecular weight excluding hydrogens is 476 g/mol. The molecule has 1 unspecified atom stereocenters. The molecule has 2 aliphatic rings. The predicted octanol–water partition coefficient (Wildman–Crippen LogP) is 3.27. The number of rotatable bonds is 5. The zero-order valence-electron chi connectivity index (χ0n) is 20.6. The zero-order valence-corrected chi connectivity index (χ0v) is 20.6. The van der Waals surface area contributed by atoms with Crippen molar-refractivity contribution < 1.29 is 14.5 Å². The first-order chi connectivity index (χ1) is 17.7. The second-order valence-corrected chi connectivity index (χ2v) is 9.20. The Hall–Kier alpha value is -4.60. The van der Waals surface area contributed by atoms with Gasteiger partial charge in [-0.3, -0.25) is 38.5 Å². The lowest BCUT2D eigenvalue weighted by Crippen LogP contribution is -2.47. The smallest absolute Gasteiger partial charge is 0.289 e. The number of unbranched alkanes of at least 4 members (excludes halogenated alkanes) is 1. The van der Waals surface area contributed by atoms with Crippen LogP contribution in [0.3, 0.4) is 0 Å². The van der Waals surface area contributed by atoms with Crippen molar-refractivity contribution in [2.45, 2.75) is 32.1 Å². The molecule has 1 amide bonds. The van der Waals surface area contributed by atoms with E-state index in [0.717, 1.165) is 11.0 Å². The van der Waals surface area contributed by atoms with Crippen LogP contribution in [0.25, 0.3) is 5.70 Å². The summed E-state index contributed by atoms with van der Waals surface area (Å²) in [4.78, 5) is 66.7. The minimum Gasteiger partial charge on any atom is -0.289 e. The number of nitro groups is 1. The van der Waals surface area contributed by atoms with Crippen LogP contribution in [0.4, 0.5) is 11.5 Å². The van der Waals surface area contributed by atoms with Crippen molar-refractivity contribution in [2.24, 2.45) is 14.1 Å². The maximum atomic E-state index is 13.9. The average Bonchev–Trinajstić information content (AvgIpc) is 3.20. The molecule has 0 fully saturated rings. The number of anilines is 1. The lowest BCUT2D eigenvalue weighted by atomic mass is 9.80. The highest BCUT2D eigenvalue weighted by atomic mass is 16.6. The van der Waals surface area contributed by atoms with Gasteiger partial charge in [0.1, 0.15) is 5.82 Å². The van der Waals surface area contributed by atoms with Crippen LogP contribution < -0.4 is 16.1 Å². The highest BCUT2D eigenvalue weighted by Gasteiger charge is 2.47. The van der Waals surface area contributed by atoms with Gasteiger partial charge in [-0.15, -0.1) is 0 Å². The summed E-state index contributed by atoms with van der Waals surface area (Å²) >= 11 is 0. The van der Waals surface area contributed by atoms with Gasteiger partial charge in [-0.1, -0.05) is 49.7 Å². The first-order valence-electron chi connectivity index (χ1n) is 11.9. The van der Waals surface area contributed by atoms with E-state index in [2.05, 4.69) is 0 Å². The number of hydrogen-bond donors (Lipinski definition) is 0. The molecule has 0 N–H and O–H groups in total. The molecule has 3 aromatic rings. The van der Waals surface area contributed by atoms with E-state index in [1.165, 1.54) is 41.8 Å². The number of hydrogen-bond acceptors (Lipinski definition) is 6. The average molecular weight is 501 g/mol. The number of nitro benzene ring substituents is 1. The van der Waals surface area contributed by atoms with E-state index in [-0.39, 0.29) is 40.8 Å². The maximum absolute atomic E-state index is 13.9. The van der Waals surface area contributed by atoms with Gasteiger partial charge in [0.25, 0.3) is 11.2 Å². The van der Waals surface area contributed by atoms with E-state index < -0.39 is 22.1 Å². The number of benzene rings is 2. The van der Waals surface area contributed by atoms with E-state index in [4.69, 9.17) is 0 Å². The Bertz CT molecular complexity index is 1660. The number of Topliss-reactive ketones (excluding diaryl/α,β-unsaturated/α-hetero) is 1. The van der Waals surface area contributed by atoms with Crippen molar-refractivity contribution in [3.63, 3.8) is 0 Å². The molecule has 5 rings (SSSR count). The highest BCUT2D eigenvalue weighted by Crippen LogP contribution is 2.51. The first-order valence-corrected chi connectivity index (χ1v) is 11.9. The van der Waals surface area contributed by atoms with Crippen LogP contribution in [0.1, 0.15) is 59.2 Å². The Morgan fingerprint density at radius 1 is 1.00 bits per heavy atom. The molecule has 2 heterocycles. The van der Waals surface area contributed by atoms with E-state index >= 15 is 0 Å². The molecule has 1 aromatic heterocycles. The number of fused-ring (bicyclic) bond motifs is 3. The van der Waals surface area contributed by atoms with Crippen LogP contribution in [0.2, 0.25) is 0 Å². The summed E-state index contributed by atoms with van der Waals surface area (Å²) in [5, 5.41) is 11.6. The highest BCUT2D eigenvalue weighted by molar-refractivity contribution is 6.27. The van der Waals surface area contributed by atoms with E-state index in [9.17, 15) is 29.3 Å². The molecule has 188 valence electrons. The largest absolute Gasteiger partial charge is 0.332 e. The fourth-order valence-corrected chi connectivity index (χ4v) is 5.26. The van der Waals surface area contributed by atoms with Crippen molar-refractivity contribution in [1.82, 2.24) is 9.13 Å². The third kappa shape index (κ3) is 3.47. The number of carbonyl (C=O) groups excluding carboxylic acids is 2. The van der Waals surface area contributed by atoms with Crippen LogP contribution in [-0.2, 0) is 18.9 Å². The predicted molar refractivity (Wildman–Crippen MR) is 137 cm³/mol. The second kappa shape index (κ2) is 8.81. The SMILES string of the molecule is CCCCC(=O)N1C2=C(C(=O)c3ccccc32)C(c2cccc([N+](=O)[O-])c2)c2c1n(C)c(=O)n(C)c2=O. The molecule has 2 aromatic carbocycles. The quantitative estimate of drug-likeness (QED) is 0.391. The number of amides is 1. The third-order valence-corrected chi connectivity index (χ3v) is 7.01. The number of ketones is 1. The summed E-state index contributed by atoms with van der Waals surface area (Å²) in [7, 11) is 2.80. The van der Waals surface area contributed by atoms with Gasteiger partial charge in [0, 0.05) is 55.3 Å². The number of nitrogens with zero attached hydrogens (tertiary/aromatic N) is 4. The van der Waals surface area contributed by atoms with Crippen molar-refractivity contribution in [3.05, 3.63) is 107 Å². The molecule has 10 heteroatoms. The Morgan fingerprint density at radius 2 is 1.70 bits per heavy atom. The molecular formula is C27H24N4O6. The van der Waals surface area contributed by atoms with Crippen LogP contribution in [-0.4, -0.2) is 25.7 Å². The molecule has 10 nitrogen and oxygen atoms in total. The first kappa shape index (κ1) is 24.1. The van der Waals surface area contributed by atoms with Gasteiger partial charge in [-0.05, 0) is 12.0 Å².